The summed E-state index contributed by atoms with van der Waals surface area (Å²) in [6.07, 6.45) is 0. The predicted octanol–water partition coefficient (Wildman–Crippen LogP) is 2.47. The number of hydrogen-bond donors (Lipinski definition) is 0. The van der Waals surface area contributed by atoms with Crippen LogP contribution in [0.2, 0.25) is 0 Å². The summed E-state index contributed by atoms with van der Waals surface area (Å²) in [6, 6.07) is 6.54. The van der Waals surface area contributed by atoms with Crippen LogP contribution in [0.15, 0.2) is 24.3 Å². The molecule has 18 heavy (non-hydrogen) atoms. The molecule has 0 amide bonds. The first-order valence-electron chi connectivity index (χ1n) is 5.69. The zero-order chi connectivity index (χ0) is 13.8. The van der Waals surface area contributed by atoms with Gasteiger partial charge in [0, 0.05) is 5.41 Å². The number of rotatable bonds is 4. The van der Waals surface area contributed by atoms with Crippen LogP contribution in [0, 0.1) is 5.41 Å². The quantitative estimate of drug-likeness (QED) is 0.770. The van der Waals surface area contributed by atoms with Gasteiger partial charge >= 0.3 is 5.97 Å². The molecule has 0 aliphatic rings. The highest BCUT2D eigenvalue weighted by Gasteiger charge is 2.22. The average Bonchev–Trinajstić information content (AvgIpc) is 2.34. The highest BCUT2D eigenvalue weighted by atomic mass is 16.5. The molecule has 0 aliphatic carbocycles. The Morgan fingerprint density at radius 1 is 1.11 bits per heavy atom. The number of esters is 1. The topological polar surface area (TPSA) is 52.6 Å². The van der Waals surface area contributed by atoms with Crippen LogP contribution >= 0.6 is 0 Å². The van der Waals surface area contributed by atoms with E-state index in [-0.39, 0.29) is 12.4 Å². The Kier molecular flexibility index (Phi) is 4.48. The van der Waals surface area contributed by atoms with Gasteiger partial charge in [0.15, 0.2) is 12.4 Å². The Balaban J connectivity index is 2.58. The fraction of sp³-hybridized carbons (Fsp3) is 0.429. The second kappa shape index (κ2) is 5.67. The number of ketones is 1. The summed E-state index contributed by atoms with van der Waals surface area (Å²) < 4.78 is 9.95. The number of ether oxygens (including phenoxy) is 2. The molecule has 98 valence electrons. The molecular formula is C14H18O4. The van der Waals surface area contributed by atoms with Gasteiger partial charge in [0.2, 0.25) is 0 Å². The van der Waals surface area contributed by atoms with Crippen molar-refractivity contribution in [2.75, 3.05) is 13.7 Å². The van der Waals surface area contributed by atoms with Crippen molar-refractivity contribution in [2.45, 2.75) is 20.8 Å². The molecule has 1 aromatic rings. The highest BCUT2D eigenvalue weighted by Crippen LogP contribution is 2.16. The van der Waals surface area contributed by atoms with E-state index in [0.29, 0.717) is 11.3 Å². The number of carbonyl (C=O) groups excluding carboxylic acids is 2. The van der Waals surface area contributed by atoms with Crippen molar-refractivity contribution in [2.24, 2.45) is 5.41 Å². The fourth-order valence-electron chi connectivity index (χ4n) is 1.16. The van der Waals surface area contributed by atoms with Crippen molar-refractivity contribution >= 4 is 11.8 Å². The summed E-state index contributed by atoms with van der Waals surface area (Å²) in [5.74, 6) is 0.0527. The molecule has 4 heteroatoms. The third-order valence-electron chi connectivity index (χ3n) is 2.50. The molecule has 0 radical (unpaired) electrons. The lowest BCUT2D eigenvalue weighted by Crippen LogP contribution is -2.26. The third kappa shape index (κ3) is 3.87. The summed E-state index contributed by atoms with van der Waals surface area (Å²) in [7, 11) is 1.55. The maximum absolute atomic E-state index is 11.7. The lowest BCUT2D eigenvalue weighted by molar-refractivity contribution is -0.129. The number of benzene rings is 1. The monoisotopic (exact) mass is 250 g/mol. The molecule has 0 aromatic heterocycles. The van der Waals surface area contributed by atoms with Crippen LogP contribution in [-0.2, 0) is 9.53 Å². The van der Waals surface area contributed by atoms with Crippen molar-refractivity contribution in [3.8, 4) is 5.75 Å². The predicted molar refractivity (Wildman–Crippen MR) is 67.7 cm³/mol. The van der Waals surface area contributed by atoms with Crippen molar-refractivity contribution in [1.29, 1.82) is 0 Å². The van der Waals surface area contributed by atoms with E-state index in [0.717, 1.165) is 0 Å². The van der Waals surface area contributed by atoms with Crippen LogP contribution in [0.1, 0.15) is 31.1 Å². The van der Waals surface area contributed by atoms with Gasteiger partial charge in [0.25, 0.3) is 0 Å². The standard InChI is InChI=1S/C14H18O4/c1-14(2,3)12(15)9-18-13(16)10-5-7-11(17-4)8-6-10/h5-8H,9H2,1-4H3. The Morgan fingerprint density at radius 3 is 2.11 bits per heavy atom. The summed E-state index contributed by atoms with van der Waals surface area (Å²) in [5.41, 5.74) is -0.0993. The molecule has 0 N–H and O–H groups in total. The lowest BCUT2D eigenvalue weighted by Gasteiger charge is -2.16. The van der Waals surface area contributed by atoms with E-state index < -0.39 is 11.4 Å². The molecule has 0 fully saturated rings. The normalized spacial score (nSPS) is 10.9. The molecule has 1 aromatic carbocycles. The smallest absolute Gasteiger partial charge is 0.338 e. The van der Waals surface area contributed by atoms with Crippen LogP contribution in [-0.4, -0.2) is 25.5 Å². The molecule has 0 bridgehead atoms. The van der Waals surface area contributed by atoms with E-state index in [1.165, 1.54) is 0 Å². The maximum Gasteiger partial charge on any atom is 0.338 e. The summed E-state index contributed by atoms with van der Waals surface area (Å²) in [4.78, 5) is 23.3. The van der Waals surface area contributed by atoms with Crippen molar-refractivity contribution in [3.05, 3.63) is 29.8 Å². The molecule has 0 spiro atoms. The summed E-state index contributed by atoms with van der Waals surface area (Å²) >= 11 is 0. The Hall–Kier alpha value is -1.84. The van der Waals surface area contributed by atoms with Crippen LogP contribution in [0.5, 0.6) is 5.75 Å². The lowest BCUT2D eigenvalue weighted by atomic mass is 9.91. The zero-order valence-corrected chi connectivity index (χ0v) is 11.1. The zero-order valence-electron chi connectivity index (χ0n) is 11.1. The van der Waals surface area contributed by atoms with Crippen LogP contribution in [0.3, 0.4) is 0 Å². The molecule has 0 heterocycles. The van der Waals surface area contributed by atoms with Gasteiger partial charge in [-0.3, -0.25) is 4.79 Å². The van der Waals surface area contributed by atoms with Gasteiger partial charge in [-0.05, 0) is 24.3 Å². The first kappa shape index (κ1) is 14.2. The van der Waals surface area contributed by atoms with Gasteiger partial charge in [-0.15, -0.1) is 0 Å². The summed E-state index contributed by atoms with van der Waals surface area (Å²) in [5, 5.41) is 0. The minimum Gasteiger partial charge on any atom is -0.497 e. The van der Waals surface area contributed by atoms with E-state index in [9.17, 15) is 9.59 Å². The van der Waals surface area contributed by atoms with Gasteiger partial charge in [0.1, 0.15) is 5.75 Å². The second-order valence-electron chi connectivity index (χ2n) is 4.98. The molecule has 0 atom stereocenters. The molecule has 0 aliphatic heterocycles. The fourth-order valence-corrected chi connectivity index (χ4v) is 1.16. The van der Waals surface area contributed by atoms with E-state index in [1.807, 2.05) is 0 Å². The first-order valence-corrected chi connectivity index (χ1v) is 5.69. The number of methoxy groups -OCH3 is 1. The Morgan fingerprint density at radius 2 is 1.67 bits per heavy atom. The minimum absolute atomic E-state index is 0.107. The van der Waals surface area contributed by atoms with Gasteiger partial charge in [0.05, 0.1) is 12.7 Å². The number of hydrogen-bond acceptors (Lipinski definition) is 4. The van der Waals surface area contributed by atoms with E-state index in [2.05, 4.69) is 0 Å². The van der Waals surface area contributed by atoms with Crippen molar-refractivity contribution < 1.29 is 19.1 Å². The summed E-state index contributed by atoms with van der Waals surface area (Å²) in [6.45, 7) is 5.16. The van der Waals surface area contributed by atoms with E-state index >= 15 is 0 Å². The van der Waals surface area contributed by atoms with Gasteiger partial charge in [-0.1, -0.05) is 20.8 Å². The van der Waals surface area contributed by atoms with Crippen LogP contribution in [0.25, 0.3) is 0 Å². The van der Waals surface area contributed by atoms with Gasteiger partial charge < -0.3 is 9.47 Å². The molecule has 0 unspecified atom stereocenters. The largest absolute Gasteiger partial charge is 0.497 e. The Labute approximate surface area is 107 Å². The minimum atomic E-state index is -0.504. The molecule has 4 nitrogen and oxygen atoms in total. The Bertz CT molecular complexity index is 426. The first-order chi connectivity index (χ1) is 8.34. The molecule has 1 rings (SSSR count). The van der Waals surface area contributed by atoms with E-state index in [1.54, 1.807) is 52.1 Å². The highest BCUT2D eigenvalue weighted by molar-refractivity contribution is 5.92. The molecule has 0 saturated heterocycles. The van der Waals surface area contributed by atoms with Gasteiger partial charge in [-0.25, -0.2) is 4.79 Å². The van der Waals surface area contributed by atoms with Crippen molar-refractivity contribution in [1.82, 2.24) is 0 Å². The number of Topliss-reactive ketones (excluding diaryl/α,β-unsaturated/α-hetero) is 1. The SMILES string of the molecule is COc1ccc(C(=O)OCC(=O)C(C)(C)C)cc1. The molecule has 0 saturated carbocycles. The van der Waals surface area contributed by atoms with Crippen molar-refractivity contribution in [3.63, 3.8) is 0 Å². The van der Waals surface area contributed by atoms with Gasteiger partial charge in [-0.2, -0.15) is 0 Å². The van der Waals surface area contributed by atoms with E-state index in [4.69, 9.17) is 9.47 Å². The van der Waals surface area contributed by atoms with Crippen LogP contribution in [0.4, 0.5) is 0 Å². The van der Waals surface area contributed by atoms with Crippen LogP contribution < -0.4 is 4.74 Å². The second-order valence-corrected chi connectivity index (χ2v) is 4.98. The number of carbonyl (C=O) groups is 2. The third-order valence-corrected chi connectivity index (χ3v) is 2.50. The maximum atomic E-state index is 11.7. The average molecular weight is 250 g/mol. The molecular weight excluding hydrogens is 232 g/mol.